The van der Waals surface area contributed by atoms with Gasteiger partial charge in [0.05, 0.1) is 31.5 Å². The van der Waals surface area contributed by atoms with Crippen molar-refractivity contribution < 1.29 is 19.1 Å². The second-order valence-corrected chi connectivity index (χ2v) is 10.9. The summed E-state index contributed by atoms with van der Waals surface area (Å²) in [4.78, 5) is 26.8. The average Bonchev–Trinajstić information content (AvgIpc) is 3.66. The highest BCUT2D eigenvalue weighted by molar-refractivity contribution is 5.97. The molecule has 200 valence electrons. The second kappa shape index (κ2) is 11.6. The summed E-state index contributed by atoms with van der Waals surface area (Å²) in [5.74, 6) is 1.45. The fourth-order valence-corrected chi connectivity index (χ4v) is 6.12. The predicted octanol–water partition coefficient (Wildman–Crippen LogP) is 5.03. The summed E-state index contributed by atoms with van der Waals surface area (Å²) in [7, 11) is 3.27. The quantitative estimate of drug-likeness (QED) is 0.469. The number of nitrogens with one attached hydrogen (secondary N) is 2. The van der Waals surface area contributed by atoms with Crippen LogP contribution < -0.4 is 20.1 Å². The summed E-state index contributed by atoms with van der Waals surface area (Å²) >= 11 is 0. The number of rotatable bonds is 10. The zero-order valence-corrected chi connectivity index (χ0v) is 22.1. The molecule has 5 rings (SSSR count). The van der Waals surface area contributed by atoms with Gasteiger partial charge >= 0.3 is 0 Å². The molecule has 3 aliphatic rings. The summed E-state index contributed by atoms with van der Waals surface area (Å²) in [6, 6.07) is 7.41. The lowest BCUT2D eigenvalue weighted by Gasteiger charge is -2.29. The van der Waals surface area contributed by atoms with Gasteiger partial charge in [-0.15, -0.1) is 0 Å². The first-order chi connectivity index (χ1) is 18.1. The minimum absolute atomic E-state index is 0.0632. The summed E-state index contributed by atoms with van der Waals surface area (Å²) in [6.45, 7) is 0. The number of hydrogen-bond donors (Lipinski definition) is 2. The molecule has 1 heterocycles. The molecule has 1 aromatic carbocycles. The van der Waals surface area contributed by atoms with Crippen molar-refractivity contribution in [2.45, 2.75) is 95.2 Å². The fourth-order valence-electron chi connectivity index (χ4n) is 6.12. The van der Waals surface area contributed by atoms with E-state index in [0.717, 1.165) is 69.0 Å². The Morgan fingerprint density at radius 1 is 0.973 bits per heavy atom. The predicted molar refractivity (Wildman–Crippen MR) is 142 cm³/mol. The standard InChI is InChI=1S/C29H40N4O4/c1-36-25-15-8-16-26(37-2)27(25)24-18-23(32-33(24)21-13-5-6-14-21)29(35)31-22(17-19-9-3-4-10-19)28(34)30-20-11-7-12-20/h8,15-16,18-22H,3-7,9-14,17H2,1-2H3,(H,30,34)(H,31,35)/t22-/m0/s1. The van der Waals surface area contributed by atoms with E-state index in [0.29, 0.717) is 29.5 Å². The van der Waals surface area contributed by atoms with Gasteiger partial charge in [0.1, 0.15) is 17.5 Å². The fraction of sp³-hybridized carbons (Fsp3) is 0.621. The normalized spacial score (nSPS) is 19.4. The van der Waals surface area contributed by atoms with E-state index in [1.807, 2.05) is 28.9 Å². The monoisotopic (exact) mass is 508 g/mol. The Morgan fingerprint density at radius 2 is 1.62 bits per heavy atom. The Labute approximate surface area is 219 Å². The smallest absolute Gasteiger partial charge is 0.272 e. The van der Waals surface area contributed by atoms with Gasteiger partial charge in [0.25, 0.3) is 5.91 Å². The van der Waals surface area contributed by atoms with Crippen molar-refractivity contribution in [1.29, 1.82) is 0 Å². The van der Waals surface area contributed by atoms with Crippen LogP contribution in [-0.4, -0.2) is 47.9 Å². The van der Waals surface area contributed by atoms with Crippen LogP contribution in [-0.2, 0) is 4.79 Å². The molecule has 8 nitrogen and oxygen atoms in total. The molecule has 0 radical (unpaired) electrons. The molecular weight excluding hydrogens is 468 g/mol. The van der Waals surface area contributed by atoms with E-state index in [1.54, 1.807) is 14.2 Å². The van der Waals surface area contributed by atoms with E-state index < -0.39 is 6.04 Å². The van der Waals surface area contributed by atoms with Crippen molar-refractivity contribution >= 4 is 11.8 Å². The number of benzene rings is 1. The first kappa shape index (κ1) is 25.6. The molecule has 0 unspecified atom stereocenters. The SMILES string of the molecule is COc1cccc(OC)c1-c1cc(C(=O)N[C@@H](CC2CCCC2)C(=O)NC2CCC2)nn1C1CCCC1. The molecule has 0 saturated heterocycles. The Hall–Kier alpha value is -3.03. The van der Waals surface area contributed by atoms with Gasteiger partial charge in [-0.2, -0.15) is 5.10 Å². The van der Waals surface area contributed by atoms with Crippen molar-refractivity contribution in [2.24, 2.45) is 5.92 Å². The molecule has 1 aromatic heterocycles. The Bertz CT molecular complexity index is 1080. The molecule has 3 aliphatic carbocycles. The first-order valence-corrected chi connectivity index (χ1v) is 14.0. The zero-order chi connectivity index (χ0) is 25.8. The summed E-state index contributed by atoms with van der Waals surface area (Å²) in [6.07, 6.45) is 12.8. The average molecular weight is 509 g/mol. The highest BCUT2D eigenvalue weighted by Gasteiger charge is 2.32. The summed E-state index contributed by atoms with van der Waals surface area (Å²) in [5, 5.41) is 11.0. The lowest BCUT2D eigenvalue weighted by atomic mass is 9.92. The van der Waals surface area contributed by atoms with Gasteiger partial charge in [-0.05, 0) is 62.6 Å². The maximum absolute atomic E-state index is 13.6. The molecule has 3 saturated carbocycles. The van der Waals surface area contributed by atoms with Crippen LogP contribution in [0.5, 0.6) is 11.5 Å². The van der Waals surface area contributed by atoms with Gasteiger partial charge in [0.2, 0.25) is 5.91 Å². The molecule has 8 heteroatoms. The third-order valence-corrected chi connectivity index (χ3v) is 8.44. The van der Waals surface area contributed by atoms with Gasteiger partial charge in [-0.3, -0.25) is 14.3 Å². The number of carbonyl (C=O) groups is 2. The van der Waals surface area contributed by atoms with Crippen LogP contribution in [0.1, 0.15) is 93.6 Å². The van der Waals surface area contributed by atoms with Crippen LogP contribution in [0, 0.1) is 5.92 Å². The van der Waals surface area contributed by atoms with Gasteiger partial charge in [-0.25, -0.2) is 0 Å². The number of carbonyl (C=O) groups excluding carboxylic acids is 2. The maximum atomic E-state index is 13.6. The molecule has 3 fully saturated rings. The third-order valence-electron chi connectivity index (χ3n) is 8.44. The number of amides is 2. The van der Waals surface area contributed by atoms with Crippen LogP contribution in [0.2, 0.25) is 0 Å². The van der Waals surface area contributed by atoms with Gasteiger partial charge < -0.3 is 20.1 Å². The first-order valence-electron chi connectivity index (χ1n) is 14.0. The molecule has 1 atom stereocenters. The lowest BCUT2D eigenvalue weighted by molar-refractivity contribution is -0.124. The van der Waals surface area contributed by atoms with Crippen molar-refractivity contribution in [3.05, 3.63) is 30.0 Å². The van der Waals surface area contributed by atoms with E-state index in [4.69, 9.17) is 14.6 Å². The summed E-state index contributed by atoms with van der Waals surface area (Å²) < 4.78 is 13.3. The number of methoxy groups -OCH3 is 2. The number of nitrogens with zero attached hydrogens (tertiary/aromatic N) is 2. The minimum atomic E-state index is -0.544. The van der Waals surface area contributed by atoms with Crippen molar-refractivity contribution in [3.8, 4) is 22.8 Å². The Morgan fingerprint density at radius 3 is 2.22 bits per heavy atom. The topological polar surface area (TPSA) is 94.5 Å². The molecule has 2 aromatic rings. The van der Waals surface area contributed by atoms with Crippen LogP contribution >= 0.6 is 0 Å². The van der Waals surface area contributed by atoms with Crippen LogP contribution in [0.15, 0.2) is 24.3 Å². The Kier molecular flexibility index (Phi) is 8.01. The molecule has 0 bridgehead atoms. The van der Waals surface area contributed by atoms with Crippen LogP contribution in [0.4, 0.5) is 0 Å². The Balaban J connectivity index is 1.44. The molecular formula is C29H40N4O4. The van der Waals surface area contributed by atoms with E-state index in [-0.39, 0.29) is 23.9 Å². The van der Waals surface area contributed by atoms with E-state index in [9.17, 15) is 9.59 Å². The van der Waals surface area contributed by atoms with Crippen molar-refractivity contribution in [3.63, 3.8) is 0 Å². The summed E-state index contributed by atoms with van der Waals surface area (Å²) in [5.41, 5.74) is 1.91. The second-order valence-electron chi connectivity index (χ2n) is 10.9. The molecule has 0 spiro atoms. The zero-order valence-electron chi connectivity index (χ0n) is 22.1. The largest absolute Gasteiger partial charge is 0.496 e. The van der Waals surface area contributed by atoms with Crippen LogP contribution in [0.3, 0.4) is 0 Å². The number of aromatic nitrogens is 2. The molecule has 2 N–H and O–H groups in total. The van der Waals surface area contributed by atoms with Crippen molar-refractivity contribution in [2.75, 3.05) is 14.2 Å². The van der Waals surface area contributed by atoms with Gasteiger partial charge in [0.15, 0.2) is 5.69 Å². The van der Waals surface area contributed by atoms with Gasteiger partial charge in [-0.1, -0.05) is 44.6 Å². The lowest BCUT2D eigenvalue weighted by Crippen LogP contribution is -2.51. The van der Waals surface area contributed by atoms with E-state index in [2.05, 4.69) is 10.6 Å². The number of ether oxygens (including phenoxy) is 2. The maximum Gasteiger partial charge on any atom is 0.272 e. The third kappa shape index (κ3) is 5.63. The molecule has 2 amide bonds. The van der Waals surface area contributed by atoms with Crippen LogP contribution in [0.25, 0.3) is 11.3 Å². The molecule has 0 aliphatic heterocycles. The van der Waals surface area contributed by atoms with E-state index in [1.165, 1.54) is 12.8 Å². The van der Waals surface area contributed by atoms with E-state index >= 15 is 0 Å². The van der Waals surface area contributed by atoms with Gasteiger partial charge in [0, 0.05) is 6.04 Å². The number of hydrogen-bond acceptors (Lipinski definition) is 5. The van der Waals surface area contributed by atoms with Crippen molar-refractivity contribution in [1.82, 2.24) is 20.4 Å². The highest BCUT2D eigenvalue weighted by Crippen LogP contribution is 2.42. The highest BCUT2D eigenvalue weighted by atomic mass is 16.5. The molecule has 37 heavy (non-hydrogen) atoms. The minimum Gasteiger partial charge on any atom is -0.496 e.